The fourth-order valence-corrected chi connectivity index (χ4v) is 4.90. The maximum atomic E-state index is 5.80. The monoisotopic (exact) mass is 324 g/mol. The fourth-order valence-electron chi connectivity index (χ4n) is 3.18. The molecule has 0 unspecified atom stereocenters. The molecule has 0 aliphatic rings. The van der Waals surface area contributed by atoms with Crippen LogP contribution in [-0.4, -0.2) is 22.5 Å². The van der Waals surface area contributed by atoms with Crippen LogP contribution >= 0.6 is 0 Å². The minimum atomic E-state index is -1.53. The van der Waals surface area contributed by atoms with Crippen molar-refractivity contribution in [3.8, 4) is 0 Å². The highest BCUT2D eigenvalue weighted by atomic mass is 28.3. The largest absolute Gasteiger partial charge is 0.397 e. The van der Waals surface area contributed by atoms with Crippen molar-refractivity contribution in [2.45, 2.75) is 26.3 Å². The number of benzene rings is 3. The molecule has 0 bridgehead atoms. The highest BCUT2D eigenvalue weighted by Crippen LogP contribution is 2.28. The predicted octanol–water partition coefficient (Wildman–Crippen LogP) is 4.83. The van der Waals surface area contributed by atoms with Crippen LogP contribution in [0.3, 0.4) is 0 Å². The zero-order valence-electron chi connectivity index (χ0n) is 13.9. The van der Waals surface area contributed by atoms with Crippen LogP contribution in [-0.2, 0) is 15.3 Å². The second-order valence-corrected chi connectivity index (χ2v) is 7.78. The molecular formula is C20H24O2Si. The summed E-state index contributed by atoms with van der Waals surface area (Å²) in [6.45, 7) is 5.58. The maximum absolute atomic E-state index is 5.80. The van der Waals surface area contributed by atoms with Gasteiger partial charge in [-0.2, -0.15) is 0 Å². The Morgan fingerprint density at radius 1 is 0.739 bits per heavy atom. The second kappa shape index (κ2) is 7.73. The molecule has 0 aliphatic heterocycles. The molecule has 23 heavy (non-hydrogen) atoms. The lowest BCUT2D eigenvalue weighted by atomic mass is 9.97. The molecule has 0 amide bonds. The van der Waals surface area contributed by atoms with Crippen LogP contribution in [0.25, 0.3) is 21.5 Å². The summed E-state index contributed by atoms with van der Waals surface area (Å²) < 4.78 is 11.6. The molecule has 0 saturated heterocycles. The first-order valence-electron chi connectivity index (χ1n) is 8.46. The third kappa shape index (κ3) is 3.63. The highest BCUT2D eigenvalue weighted by Gasteiger charge is 2.13. The normalized spacial score (nSPS) is 11.6. The van der Waals surface area contributed by atoms with Gasteiger partial charge in [0.25, 0.3) is 0 Å². The van der Waals surface area contributed by atoms with Crippen molar-refractivity contribution >= 4 is 30.8 Å². The molecule has 0 N–H and O–H groups in total. The van der Waals surface area contributed by atoms with Crippen molar-refractivity contribution in [2.24, 2.45) is 0 Å². The lowest BCUT2D eigenvalue weighted by Gasteiger charge is -2.15. The number of hydrogen-bond donors (Lipinski definition) is 0. The first-order valence-corrected chi connectivity index (χ1v) is 10.2. The standard InChI is InChI=1S/C20H24O2Si/c1-3-21-23(22-4-2)15-14-17-9-7-11-20-18-10-6-5-8-16(18)12-13-19(17)20/h5-13,23H,3-4,14-15H2,1-2H3. The Balaban J connectivity index is 1.90. The summed E-state index contributed by atoms with van der Waals surface area (Å²) in [7, 11) is -1.53. The van der Waals surface area contributed by atoms with Crippen LogP contribution in [0, 0.1) is 0 Å². The lowest BCUT2D eigenvalue weighted by molar-refractivity contribution is 0.213. The molecule has 2 nitrogen and oxygen atoms in total. The minimum absolute atomic E-state index is 0.747. The van der Waals surface area contributed by atoms with Crippen molar-refractivity contribution in [1.82, 2.24) is 0 Å². The quantitative estimate of drug-likeness (QED) is 0.458. The molecule has 0 heterocycles. The second-order valence-electron chi connectivity index (χ2n) is 5.68. The van der Waals surface area contributed by atoms with Gasteiger partial charge in [0.1, 0.15) is 0 Å². The van der Waals surface area contributed by atoms with Gasteiger partial charge in [-0.15, -0.1) is 0 Å². The summed E-state index contributed by atoms with van der Waals surface area (Å²) in [5, 5.41) is 5.32. The maximum Gasteiger partial charge on any atom is 0.321 e. The van der Waals surface area contributed by atoms with Gasteiger partial charge in [-0.05, 0) is 53.4 Å². The van der Waals surface area contributed by atoms with Crippen LogP contribution in [0.4, 0.5) is 0 Å². The molecular weight excluding hydrogens is 300 g/mol. The lowest BCUT2D eigenvalue weighted by Crippen LogP contribution is -2.23. The van der Waals surface area contributed by atoms with Crippen molar-refractivity contribution in [2.75, 3.05) is 13.2 Å². The summed E-state index contributed by atoms with van der Waals surface area (Å²) in [5.41, 5.74) is 1.39. The summed E-state index contributed by atoms with van der Waals surface area (Å²) in [6, 6.07) is 20.7. The number of aryl methyl sites for hydroxylation is 1. The summed E-state index contributed by atoms with van der Waals surface area (Å²) in [6.07, 6.45) is 1.02. The Bertz CT molecular complexity index is 779. The molecule has 3 heteroatoms. The van der Waals surface area contributed by atoms with E-state index >= 15 is 0 Å². The van der Waals surface area contributed by atoms with Gasteiger partial charge < -0.3 is 8.85 Å². The Labute approximate surface area is 139 Å². The van der Waals surface area contributed by atoms with Gasteiger partial charge in [0.2, 0.25) is 0 Å². The van der Waals surface area contributed by atoms with Crippen LogP contribution in [0.2, 0.25) is 6.04 Å². The Morgan fingerprint density at radius 3 is 2.26 bits per heavy atom. The van der Waals surface area contributed by atoms with E-state index in [-0.39, 0.29) is 0 Å². The Morgan fingerprint density at radius 2 is 1.48 bits per heavy atom. The molecule has 0 fully saturated rings. The summed E-state index contributed by atoms with van der Waals surface area (Å²) >= 11 is 0. The number of rotatable bonds is 7. The van der Waals surface area contributed by atoms with E-state index in [2.05, 4.69) is 54.6 Å². The van der Waals surface area contributed by atoms with Crippen LogP contribution in [0.15, 0.2) is 54.6 Å². The van der Waals surface area contributed by atoms with E-state index in [1.54, 1.807) is 0 Å². The molecule has 0 saturated carbocycles. The van der Waals surface area contributed by atoms with Crippen molar-refractivity contribution in [3.05, 3.63) is 60.2 Å². The Hall–Kier alpha value is -1.68. The summed E-state index contributed by atoms with van der Waals surface area (Å²) in [4.78, 5) is 0. The molecule has 0 atom stereocenters. The molecule has 3 aromatic carbocycles. The van der Waals surface area contributed by atoms with Crippen LogP contribution < -0.4 is 0 Å². The minimum Gasteiger partial charge on any atom is -0.397 e. The highest BCUT2D eigenvalue weighted by molar-refractivity contribution is 6.44. The number of hydrogen-bond acceptors (Lipinski definition) is 2. The van der Waals surface area contributed by atoms with Gasteiger partial charge in [0, 0.05) is 13.2 Å². The fraction of sp³-hybridized carbons (Fsp3) is 0.300. The van der Waals surface area contributed by atoms with E-state index in [0.29, 0.717) is 0 Å². The molecule has 0 radical (unpaired) electrons. The number of fused-ring (bicyclic) bond motifs is 3. The first-order chi connectivity index (χ1) is 11.3. The average Bonchev–Trinajstić information content (AvgIpc) is 2.60. The van der Waals surface area contributed by atoms with Crippen molar-refractivity contribution < 1.29 is 8.85 Å². The van der Waals surface area contributed by atoms with Gasteiger partial charge in [-0.3, -0.25) is 0 Å². The van der Waals surface area contributed by atoms with E-state index in [4.69, 9.17) is 8.85 Å². The zero-order valence-corrected chi connectivity index (χ0v) is 15.1. The van der Waals surface area contributed by atoms with E-state index in [1.165, 1.54) is 27.1 Å². The average molecular weight is 324 g/mol. The smallest absolute Gasteiger partial charge is 0.321 e. The Kier molecular flexibility index (Phi) is 5.44. The van der Waals surface area contributed by atoms with Crippen LogP contribution in [0.5, 0.6) is 0 Å². The zero-order chi connectivity index (χ0) is 16.1. The molecule has 0 aromatic heterocycles. The van der Waals surface area contributed by atoms with Gasteiger partial charge in [0.15, 0.2) is 0 Å². The van der Waals surface area contributed by atoms with Gasteiger partial charge in [-0.1, -0.05) is 54.6 Å². The molecule has 0 spiro atoms. The third-order valence-corrected chi connectivity index (χ3v) is 6.40. The third-order valence-electron chi connectivity index (χ3n) is 4.23. The van der Waals surface area contributed by atoms with E-state index in [9.17, 15) is 0 Å². The van der Waals surface area contributed by atoms with Gasteiger partial charge >= 0.3 is 9.28 Å². The summed E-state index contributed by atoms with van der Waals surface area (Å²) in [5.74, 6) is 0. The van der Waals surface area contributed by atoms with E-state index in [1.807, 2.05) is 13.8 Å². The SMILES string of the molecule is CCO[SiH](CCc1cccc2c1ccc1ccccc12)OCC. The topological polar surface area (TPSA) is 18.5 Å². The van der Waals surface area contributed by atoms with Gasteiger partial charge in [0.05, 0.1) is 0 Å². The van der Waals surface area contributed by atoms with E-state index in [0.717, 1.165) is 25.7 Å². The molecule has 0 aliphatic carbocycles. The van der Waals surface area contributed by atoms with Gasteiger partial charge in [-0.25, -0.2) is 0 Å². The van der Waals surface area contributed by atoms with Crippen LogP contribution in [0.1, 0.15) is 19.4 Å². The van der Waals surface area contributed by atoms with Crippen molar-refractivity contribution in [1.29, 1.82) is 0 Å². The van der Waals surface area contributed by atoms with Crippen molar-refractivity contribution in [3.63, 3.8) is 0 Å². The molecule has 3 aromatic rings. The van der Waals surface area contributed by atoms with E-state index < -0.39 is 9.28 Å². The first kappa shape index (κ1) is 16.2. The predicted molar refractivity (Wildman–Crippen MR) is 100 cm³/mol. The molecule has 3 rings (SSSR count). The molecule has 120 valence electrons.